The summed E-state index contributed by atoms with van der Waals surface area (Å²) >= 11 is 7.43. The monoisotopic (exact) mass is 449 g/mol. The molecular weight excluding hydrogens is 434 g/mol. The maximum Gasteiger partial charge on any atom is 0.288 e. The maximum absolute atomic E-state index is 12.3. The smallest absolute Gasteiger partial charge is 0.288 e. The summed E-state index contributed by atoms with van der Waals surface area (Å²) in [5.74, 6) is -0.339. The molecule has 1 amide bonds. The lowest BCUT2D eigenvalue weighted by molar-refractivity contribution is -0.384. The number of aryl methyl sites for hydroxylation is 1. The molecule has 0 atom stereocenters. The van der Waals surface area contributed by atoms with E-state index in [0.717, 1.165) is 26.4 Å². The van der Waals surface area contributed by atoms with E-state index in [2.05, 4.69) is 10.3 Å². The molecule has 0 spiro atoms. The predicted octanol–water partition coefficient (Wildman–Crippen LogP) is 6.49. The van der Waals surface area contributed by atoms with E-state index in [4.69, 9.17) is 11.6 Å². The van der Waals surface area contributed by atoms with Gasteiger partial charge in [0.25, 0.3) is 5.69 Å². The number of thiazole rings is 1. The normalized spacial score (nSPS) is 11.2. The van der Waals surface area contributed by atoms with E-state index in [9.17, 15) is 14.9 Å². The van der Waals surface area contributed by atoms with Crippen LogP contribution >= 0.6 is 22.9 Å². The molecule has 154 valence electrons. The number of nitrogens with zero attached hydrogens (tertiary/aromatic N) is 2. The molecule has 1 aromatic heterocycles. The lowest BCUT2D eigenvalue weighted by atomic mass is 10.1. The highest BCUT2D eigenvalue weighted by molar-refractivity contribution is 7.21. The predicted molar refractivity (Wildman–Crippen MR) is 126 cm³/mol. The number of hydrogen-bond donors (Lipinski definition) is 1. The highest BCUT2D eigenvalue weighted by Gasteiger charge is 2.12. The second-order valence-electron chi connectivity index (χ2n) is 6.81. The first-order valence-electron chi connectivity index (χ1n) is 9.30. The molecule has 1 heterocycles. The summed E-state index contributed by atoms with van der Waals surface area (Å²) in [6.07, 6.45) is 2.83. The SMILES string of the molecule is Cc1cc(-c2nc3ccccc3s2)ccc1NC(=O)/C=C/c1ccc(Cl)c([N+](=O)[O-])c1. The van der Waals surface area contributed by atoms with Gasteiger partial charge in [-0.15, -0.1) is 11.3 Å². The van der Waals surface area contributed by atoms with E-state index < -0.39 is 4.92 Å². The number of rotatable bonds is 5. The Bertz CT molecular complexity index is 1310. The molecule has 0 saturated heterocycles. The maximum atomic E-state index is 12.3. The molecule has 8 heteroatoms. The van der Waals surface area contributed by atoms with Crippen LogP contribution in [0.15, 0.2) is 66.7 Å². The van der Waals surface area contributed by atoms with Crippen molar-refractivity contribution in [1.82, 2.24) is 4.98 Å². The average Bonchev–Trinajstić information content (AvgIpc) is 3.18. The number of halogens is 1. The average molecular weight is 450 g/mol. The minimum absolute atomic E-state index is 0.0513. The fourth-order valence-electron chi connectivity index (χ4n) is 3.05. The van der Waals surface area contributed by atoms with Gasteiger partial charge in [-0.1, -0.05) is 29.8 Å². The van der Waals surface area contributed by atoms with Crippen molar-refractivity contribution in [2.24, 2.45) is 0 Å². The van der Waals surface area contributed by atoms with Crippen molar-refractivity contribution in [3.63, 3.8) is 0 Å². The number of fused-ring (bicyclic) bond motifs is 1. The first-order chi connectivity index (χ1) is 14.9. The van der Waals surface area contributed by atoms with Crippen molar-refractivity contribution in [1.29, 1.82) is 0 Å². The summed E-state index contributed by atoms with van der Waals surface area (Å²) in [5.41, 5.74) is 3.84. The van der Waals surface area contributed by atoms with Crippen LogP contribution in [0.4, 0.5) is 11.4 Å². The molecular formula is C23H16ClN3O3S. The van der Waals surface area contributed by atoms with Crippen LogP contribution in [-0.2, 0) is 4.79 Å². The van der Waals surface area contributed by atoms with Gasteiger partial charge in [-0.05, 0) is 60.5 Å². The lowest BCUT2D eigenvalue weighted by Gasteiger charge is -2.08. The van der Waals surface area contributed by atoms with Gasteiger partial charge >= 0.3 is 0 Å². The second kappa shape index (κ2) is 8.67. The van der Waals surface area contributed by atoms with E-state index in [-0.39, 0.29) is 16.6 Å². The van der Waals surface area contributed by atoms with Gasteiger partial charge in [0.1, 0.15) is 10.0 Å². The Labute approximate surface area is 187 Å². The highest BCUT2D eigenvalue weighted by Crippen LogP contribution is 2.32. The summed E-state index contributed by atoms with van der Waals surface area (Å²) in [4.78, 5) is 27.4. The number of benzene rings is 3. The van der Waals surface area contributed by atoms with Gasteiger partial charge in [0.2, 0.25) is 5.91 Å². The molecule has 0 fully saturated rings. The molecule has 0 bridgehead atoms. The molecule has 0 radical (unpaired) electrons. The topological polar surface area (TPSA) is 85.1 Å². The van der Waals surface area contributed by atoms with E-state index in [1.165, 1.54) is 24.3 Å². The number of carbonyl (C=O) groups is 1. The molecule has 0 aliphatic rings. The third-order valence-corrected chi connectivity index (χ3v) is 6.02. The van der Waals surface area contributed by atoms with E-state index >= 15 is 0 Å². The standard InChI is InChI=1S/C23H16ClN3O3S/c1-14-12-16(23-26-19-4-2-3-5-21(19)31-23)8-10-18(14)25-22(28)11-7-15-6-9-17(24)20(13-15)27(29)30/h2-13H,1H3,(H,25,28)/b11-7+. The molecule has 31 heavy (non-hydrogen) atoms. The van der Waals surface area contributed by atoms with E-state index in [0.29, 0.717) is 11.3 Å². The van der Waals surface area contributed by atoms with Crippen molar-refractivity contribution in [2.75, 3.05) is 5.32 Å². The van der Waals surface area contributed by atoms with Crippen molar-refractivity contribution >= 4 is 56.5 Å². The molecule has 1 N–H and O–H groups in total. The number of anilines is 1. The number of nitrogens with one attached hydrogen (secondary N) is 1. The summed E-state index contributed by atoms with van der Waals surface area (Å²) < 4.78 is 1.13. The summed E-state index contributed by atoms with van der Waals surface area (Å²) in [6.45, 7) is 1.92. The minimum Gasteiger partial charge on any atom is -0.322 e. The van der Waals surface area contributed by atoms with Crippen LogP contribution in [0.2, 0.25) is 5.02 Å². The molecule has 4 aromatic rings. The fourth-order valence-corrected chi connectivity index (χ4v) is 4.20. The Balaban J connectivity index is 1.49. The number of aromatic nitrogens is 1. The number of para-hydroxylation sites is 1. The van der Waals surface area contributed by atoms with Gasteiger partial charge in [-0.3, -0.25) is 14.9 Å². The number of carbonyl (C=O) groups excluding carboxylic acids is 1. The Hall–Kier alpha value is -3.55. The largest absolute Gasteiger partial charge is 0.322 e. The Morgan fingerprint density at radius 1 is 1.16 bits per heavy atom. The van der Waals surface area contributed by atoms with Crippen LogP contribution < -0.4 is 5.32 Å². The molecule has 0 aliphatic carbocycles. The number of hydrogen-bond acceptors (Lipinski definition) is 5. The van der Waals surface area contributed by atoms with Gasteiger partial charge < -0.3 is 5.32 Å². The zero-order valence-electron chi connectivity index (χ0n) is 16.3. The summed E-state index contributed by atoms with van der Waals surface area (Å²) in [5, 5.41) is 14.8. The Morgan fingerprint density at radius 3 is 2.71 bits per heavy atom. The van der Waals surface area contributed by atoms with Gasteiger partial charge in [-0.25, -0.2) is 4.98 Å². The van der Waals surface area contributed by atoms with Crippen LogP contribution in [-0.4, -0.2) is 15.8 Å². The van der Waals surface area contributed by atoms with Crippen molar-refractivity contribution in [3.8, 4) is 10.6 Å². The van der Waals surface area contributed by atoms with Crippen LogP contribution in [0.25, 0.3) is 26.9 Å². The molecule has 0 unspecified atom stereocenters. The molecule has 4 rings (SSSR count). The van der Waals surface area contributed by atoms with Crippen LogP contribution in [0, 0.1) is 17.0 Å². The number of nitro benzene ring substituents is 1. The lowest BCUT2D eigenvalue weighted by Crippen LogP contribution is -2.08. The zero-order chi connectivity index (χ0) is 22.0. The highest BCUT2D eigenvalue weighted by atomic mass is 35.5. The third kappa shape index (κ3) is 4.63. The first-order valence-corrected chi connectivity index (χ1v) is 10.5. The minimum atomic E-state index is -0.559. The van der Waals surface area contributed by atoms with Crippen LogP contribution in [0.1, 0.15) is 11.1 Å². The summed E-state index contributed by atoms with van der Waals surface area (Å²) in [7, 11) is 0. The Morgan fingerprint density at radius 2 is 1.97 bits per heavy atom. The molecule has 6 nitrogen and oxygen atoms in total. The van der Waals surface area contributed by atoms with Crippen LogP contribution in [0.3, 0.4) is 0 Å². The van der Waals surface area contributed by atoms with Crippen molar-refractivity contribution < 1.29 is 9.72 Å². The molecule has 3 aromatic carbocycles. The van der Waals surface area contributed by atoms with Gasteiger partial charge in [-0.2, -0.15) is 0 Å². The zero-order valence-corrected chi connectivity index (χ0v) is 17.9. The van der Waals surface area contributed by atoms with Gasteiger partial charge in [0, 0.05) is 23.4 Å². The van der Waals surface area contributed by atoms with Crippen molar-refractivity contribution in [2.45, 2.75) is 6.92 Å². The fraction of sp³-hybridized carbons (Fsp3) is 0.0435. The van der Waals surface area contributed by atoms with Gasteiger partial charge in [0.05, 0.1) is 15.1 Å². The second-order valence-corrected chi connectivity index (χ2v) is 8.24. The van der Waals surface area contributed by atoms with E-state index in [1.807, 2.05) is 49.4 Å². The summed E-state index contributed by atoms with van der Waals surface area (Å²) in [6, 6.07) is 18.1. The number of amides is 1. The molecule has 0 aliphatic heterocycles. The van der Waals surface area contributed by atoms with Crippen molar-refractivity contribution in [3.05, 3.63) is 93.0 Å². The quantitative estimate of drug-likeness (QED) is 0.214. The number of nitro groups is 1. The van der Waals surface area contributed by atoms with E-state index in [1.54, 1.807) is 17.4 Å². The first kappa shape index (κ1) is 20.7. The third-order valence-electron chi connectivity index (χ3n) is 4.62. The Kier molecular flexibility index (Phi) is 5.79. The van der Waals surface area contributed by atoms with Gasteiger partial charge in [0.15, 0.2) is 0 Å². The van der Waals surface area contributed by atoms with Crippen LogP contribution in [0.5, 0.6) is 0 Å². The molecule has 0 saturated carbocycles.